The van der Waals surface area contributed by atoms with Crippen LogP contribution in [-0.2, 0) is 4.79 Å². The molecule has 3 aromatic rings. The predicted octanol–water partition coefficient (Wildman–Crippen LogP) is 3.95. The molecule has 0 aromatic heterocycles. The Morgan fingerprint density at radius 3 is 2.18 bits per heavy atom. The molecule has 5 nitrogen and oxygen atoms in total. The summed E-state index contributed by atoms with van der Waals surface area (Å²) >= 11 is 0. The zero-order chi connectivity index (χ0) is 19.9. The van der Waals surface area contributed by atoms with Gasteiger partial charge in [0.1, 0.15) is 17.6 Å². The number of nitriles is 1. The van der Waals surface area contributed by atoms with E-state index in [1.54, 1.807) is 48.5 Å². The van der Waals surface area contributed by atoms with Gasteiger partial charge in [0.15, 0.2) is 12.4 Å². The highest BCUT2D eigenvalue weighted by molar-refractivity contribution is 6.09. The molecule has 0 spiro atoms. The second-order valence-electron chi connectivity index (χ2n) is 5.85. The smallest absolute Gasteiger partial charge is 0.262 e. The van der Waals surface area contributed by atoms with E-state index < -0.39 is 11.7 Å². The summed E-state index contributed by atoms with van der Waals surface area (Å²) in [4.78, 5) is 24.4. The molecule has 0 radical (unpaired) electrons. The number of nitrogens with one attached hydrogen (secondary N) is 1. The minimum atomic E-state index is -0.408. The molecule has 1 amide bonds. The highest BCUT2D eigenvalue weighted by Gasteiger charge is 2.10. The van der Waals surface area contributed by atoms with Crippen LogP contribution in [0.2, 0.25) is 0 Å². The summed E-state index contributed by atoms with van der Waals surface area (Å²) < 4.78 is 18.4. The van der Waals surface area contributed by atoms with Crippen molar-refractivity contribution in [2.75, 3.05) is 11.9 Å². The van der Waals surface area contributed by atoms with Crippen molar-refractivity contribution in [1.82, 2.24) is 0 Å². The monoisotopic (exact) mass is 374 g/mol. The van der Waals surface area contributed by atoms with E-state index in [4.69, 9.17) is 10.00 Å². The van der Waals surface area contributed by atoms with Crippen molar-refractivity contribution < 1.29 is 18.7 Å². The quantitative estimate of drug-likeness (QED) is 0.663. The largest absolute Gasteiger partial charge is 0.484 e. The highest BCUT2D eigenvalue weighted by atomic mass is 19.1. The van der Waals surface area contributed by atoms with E-state index in [2.05, 4.69) is 5.32 Å². The molecule has 0 aliphatic carbocycles. The molecular weight excluding hydrogens is 359 g/mol. The number of rotatable bonds is 6. The van der Waals surface area contributed by atoms with Crippen molar-refractivity contribution in [3.05, 3.63) is 95.3 Å². The molecule has 0 aliphatic heterocycles. The van der Waals surface area contributed by atoms with E-state index >= 15 is 0 Å². The van der Waals surface area contributed by atoms with Crippen molar-refractivity contribution >= 4 is 17.4 Å². The van der Waals surface area contributed by atoms with Gasteiger partial charge in [0.25, 0.3) is 5.91 Å². The standard InChI is InChI=1S/C22H15FN2O3/c23-18-9-5-15(6-10-18)22(27)16-7-11-19(12-8-16)28-14-21(26)25-20-4-2-1-3-17(20)13-24/h1-12H,14H2,(H,25,26). The Morgan fingerprint density at radius 1 is 0.929 bits per heavy atom. The summed E-state index contributed by atoms with van der Waals surface area (Å²) in [7, 11) is 0. The lowest BCUT2D eigenvalue weighted by atomic mass is 10.0. The lowest BCUT2D eigenvalue weighted by Crippen LogP contribution is -2.20. The number of benzene rings is 3. The summed E-state index contributed by atoms with van der Waals surface area (Å²) in [6.07, 6.45) is 0. The summed E-state index contributed by atoms with van der Waals surface area (Å²) in [5.74, 6) is -0.637. The third-order valence-corrected chi connectivity index (χ3v) is 3.91. The molecule has 0 atom stereocenters. The molecule has 0 aliphatic rings. The highest BCUT2D eigenvalue weighted by Crippen LogP contribution is 2.17. The SMILES string of the molecule is N#Cc1ccccc1NC(=O)COc1ccc(C(=O)c2ccc(F)cc2)cc1. The number of anilines is 1. The van der Waals surface area contributed by atoms with E-state index in [1.807, 2.05) is 6.07 Å². The summed E-state index contributed by atoms with van der Waals surface area (Å²) in [6, 6.07) is 20.3. The zero-order valence-electron chi connectivity index (χ0n) is 14.7. The van der Waals surface area contributed by atoms with Gasteiger partial charge in [-0.05, 0) is 60.7 Å². The van der Waals surface area contributed by atoms with Crippen LogP contribution in [0.15, 0.2) is 72.8 Å². The van der Waals surface area contributed by atoms with E-state index in [0.717, 1.165) is 0 Å². The van der Waals surface area contributed by atoms with Crippen LogP contribution in [0.1, 0.15) is 21.5 Å². The molecule has 0 heterocycles. The van der Waals surface area contributed by atoms with Gasteiger partial charge in [-0.3, -0.25) is 9.59 Å². The number of amides is 1. The van der Waals surface area contributed by atoms with Crippen molar-refractivity contribution in [2.24, 2.45) is 0 Å². The van der Waals surface area contributed by atoms with Crippen LogP contribution in [0.5, 0.6) is 5.75 Å². The Hall–Kier alpha value is -3.98. The van der Waals surface area contributed by atoms with E-state index in [1.165, 1.54) is 24.3 Å². The maximum Gasteiger partial charge on any atom is 0.262 e. The van der Waals surface area contributed by atoms with Gasteiger partial charge in [-0.2, -0.15) is 5.26 Å². The van der Waals surface area contributed by atoms with Crippen LogP contribution >= 0.6 is 0 Å². The summed E-state index contributed by atoms with van der Waals surface area (Å²) in [5, 5.41) is 11.6. The van der Waals surface area contributed by atoms with Crippen molar-refractivity contribution in [2.45, 2.75) is 0 Å². The summed E-state index contributed by atoms with van der Waals surface area (Å²) in [6.45, 7) is -0.245. The van der Waals surface area contributed by atoms with Crippen molar-refractivity contribution in [1.29, 1.82) is 5.26 Å². The molecule has 6 heteroatoms. The number of carbonyl (C=O) groups is 2. The first kappa shape index (κ1) is 18.8. The Balaban J connectivity index is 1.58. The van der Waals surface area contributed by atoms with E-state index in [9.17, 15) is 14.0 Å². The second kappa shape index (κ2) is 8.60. The Bertz CT molecular complexity index is 1040. The first-order valence-electron chi connectivity index (χ1n) is 8.39. The van der Waals surface area contributed by atoms with Crippen LogP contribution in [0.25, 0.3) is 0 Å². The van der Waals surface area contributed by atoms with Crippen LogP contribution in [0.3, 0.4) is 0 Å². The Morgan fingerprint density at radius 2 is 1.54 bits per heavy atom. The minimum absolute atomic E-state index is 0.239. The number of carbonyl (C=O) groups excluding carboxylic acids is 2. The number of hydrogen-bond acceptors (Lipinski definition) is 4. The van der Waals surface area contributed by atoms with E-state index in [0.29, 0.717) is 28.1 Å². The van der Waals surface area contributed by atoms with Crippen LogP contribution < -0.4 is 10.1 Å². The van der Waals surface area contributed by atoms with Gasteiger partial charge in [-0.1, -0.05) is 12.1 Å². The molecule has 28 heavy (non-hydrogen) atoms. The normalized spacial score (nSPS) is 10.0. The Labute approximate surface area is 161 Å². The van der Waals surface area contributed by atoms with Crippen molar-refractivity contribution in [3.8, 4) is 11.8 Å². The second-order valence-corrected chi connectivity index (χ2v) is 5.85. The fourth-order valence-corrected chi connectivity index (χ4v) is 2.50. The molecule has 0 unspecified atom stereocenters. The minimum Gasteiger partial charge on any atom is -0.484 e. The van der Waals surface area contributed by atoms with Gasteiger partial charge in [0.2, 0.25) is 0 Å². The van der Waals surface area contributed by atoms with Gasteiger partial charge in [0, 0.05) is 11.1 Å². The van der Waals surface area contributed by atoms with Crippen LogP contribution in [-0.4, -0.2) is 18.3 Å². The van der Waals surface area contributed by atoms with E-state index in [-0.39, 0.29) is 12.4 Å². The first-order valence-corrected chi connectivity index (χ1v) is 8.39. The van der Waals surface area contributed by atoms with Crippen LogP contribution in [0, 0.1) is 17.1 Å². The maximum absolute atomic E-state index is 13.0. The molecule has 3 aromatic carbocycles. The number of nitrogens with zero attached hydrogens (tertiary/aromatic N) is 1. The van der Waals surface area contributed by atoms with Gasteiger partial charge < -0.3 is 10.1 Å². The number of ether oxygens (including phenoxy) is 1. The van der Waals surface area contributed by atoms with Crippen molar-refractivity contribution in [3.63, 3.8) is 0 Å². The molecule has 0 saturated carbocycles. The molecule has 0 fully saturated rings. The fraction of sp³-hybridized carbons (Fsp3) is 0.0455. The lowest BCUT2D eigenvalue weighted by Gasteiger charge is -2.09. The maximum atomic E-state index is 13.0. The third kappa shape index (κ3) is 4.59. The van der Waals surface area contributed by atoms with Gasteiger partial charge in [0.05, 0.1) is 11.3 Å². The van der Waals surface area contributed by atoms with Gasteiger partial charge in [-0.15, -0.1) is 0 Å². The van der Waals surface area contributed by atoms with Crippen LogP contribution in [0.4, 0.5) is 10.1 Å². The molecule has 138 valence electrons. The number of para-hydroxylation sites is 1. The number of hydrogen-bond donors (Lipinski definition) is 1. The number of ketones is 1. The predicted molar refractivity (Wildman–Crippen MR) is 102 cm³/mol. The first-order chi connectivity index (χ1) is 13.6. The molecule has 0 saturated heterocycles. The lowest BCUT2D eigenvalue weighted by molar-refractivity contribution is -0.118. The molecule has 1 N–H and O–H groups in total. The third-order valence-electron chi connectivity index (χ3n) is 3.91. The molecular formula is C22H15FN2O3. The molecule has 3 rings (SSSR count). The zero-order valence-corrected chi connectivity index (χ0v) is 14.7. The average molecular weight is 374 g/mol. The fourth-order valence-electron chi connectivity index (χ4n) is 2.50. The molecule has 0 bridgehead atoms. The Kier molecular flexibility index (Phi) is 5.78. The average Bonchev–Trinajstić information content (AvgIpc) is 2.73. The van der Waals surface area contributed by atoms with Gasteiger partial charge >= 0.3 is 0 Å². The topological polar surface area (TPSA) is 79.2 Å². The summed E-state index contributed by atoms with van der Waals surface area (Å²) in [5.41, 5.74) is 1.58. The van der Waals surface area contributed by atoms with Gasteiger partial charge in [-0.25, -0.2) is 4.39 Å². The number of halogens is 1.